The van der Waals surface area contributed by atoms with Crippen LogP contribution in [0.5, 0.6) is 0 Å². The van der Waals surface area contributed by atoms with Gasteiger partial charge in [0.15, 0.2) is 0 Å². The van der Waals surface area contributed by atoms with Crippen LogP contribution in [0.25, 0.3) is 21.5 Å². The summed E-state index contributed by atoms with van der Waals surface area (Å²) >= 11 is 0. The number of carbonyl (C=O) groups is 1. The van der Waals surface area contributed by atoms with Gasteiger partial charge in [-0.2, -0.15) is 0 Å². The Hall–Kier alpha value is -2.95. The highest BCUT2D eigenvalue weighted by atomic mass is 16.4. The molecule has 22 heavy (non-hydrogen) atoms. The first kappa shape index (κ1) is 14.0. The minimum atomic E-state index is -1.24. The SMILES string of the molecule is CC(C(=O)O)n1c(=O)c2ccccc2c2ccccc2c1=O. The predicted molar refractivity (Wildman–Crippen MR) is 84.3 cm³/mol. The van der Waals surface area contributed by atoms with Gasteiger partial charge in [0.05, 0.1) is 0 Å². The zero-order valence-corrected chi connectivity index (χ0v) is 11.8. The number of aromatic nitrogens is 1. The average molecular weight is 295 g/mol. The molecule has 1 atom stereocenters. The highest BCUT2D eigenvalue weighted by Crippen LogP contribution is 2.19. The topological polar surface area (TPSA) is 76.4 Å². The zero-order chi connectivity index (χ0) is 15.9. The second-order valence-electron chi connectivity index (χ2n) is 5.09. The molecule has 0 aliphatic heterocycles. The molecule has 0 saturated carbocycles. The molecule has 1 N–H and O–H groups in total. The van der Waals surface area contributed by atoms with E-state index in [0.717, 1.165) is 4.57 Å². The van der Waals surface area contributed by atoms with E-state index in [1.807, 2.05) is 0 Å². The van der Waals surface area contributed by atoms with Crippen molar-refractivity contribution in [3.63, 3.8) is 0 Å². The summed E-state index contributed by atoms with van der Waals surface area (Å²) in [4.78, 5) is 36.7. The second-order valence-corrected chi connectivity index (χ2v) is 5.09. The number of carboxylic acids is 1. The van der Waals surface area contributed by atoms with E-state index in [4.69, 9.17) is 0 Å². The Labute approximate surface area is 125 Å². The van der Waals surface area contributed by atoms with Crippen molar-refractivity contribution in [1.82, 2.24) is 4.57 Å². The molecule has 110 valence electrons. The Morgan fingerprint density at radius 1 is 0.864 bits per heavy atom. The summed E-state index contributed by atoms with van der Waals surface area (Å²) in [6.45, 7) is 1.33. The van der Waals surface area contributed by atoms with Gasteiger partial charge in [-0.15, -0.1) is 0 Å². The van der Waals surface area contributed by atoms with Gasteiger partial charge in [-0.3, -0.25) is 14.2 Å². The first-order valence-electron chi connectivity index (χ1n) is 6.81. The largest absolute Gasteiger partial charge is 0.480 e. The maximum Gasteiger partial charge on any atom is 0.326 e. The van der Waals surface area contributed by atoms with E-state index in [1.54, 1.807) is 48.5 Å². The molecule has 3 rings (SSSR count). The molecule has 1 aromatic heterocycles. The van der Waals surface area contributed by atoms with Crippen molar-refractivity contribution in [3.8, 4) is 0 Å². The first-order valence-corrected chi connectivity index (χ1v) is 6.81. The third-order valence-electron chi connectivity index (χ3n) is 3.79. The standard InChI is InChI=1S/C17H13NO4/c1-10(17(21)22)18-15(19)13-8-4-2-6-11(13)12-7-3-5-9-14(12)16(18)20/h2-10H,1H3,(H,21,22). The van der Waals surface area contributed by atoms with Gasteiger partial charge < -0.3 is 5.11 Å². The molecule has 0 fully saturated rings. The van der Waals surface area contributed by atoms with Crippen molar-refractivity contribution in [2.75, 3.05) is 0 Å². The third-order valence-corrected chi connectivity index (χ3v) is 3.79. The molecule has 5 nitrogen and oxygen atoms in total. The number of benzene rings is 2. The molecular weight excluding hydrogens is 282 g/mol. The number of carboxylic acid groups (broad SMARTS) is 1. The first-order chi connectivity index (χ1) is 10.5. The molecule has 0 saturated heterocycles. The highest BCUT2D eigenvalue weighted by molar-refractivity contribution is 6.05. The highest BCUT2D eigenvalue weighted by Gasteiger charge is 2.19. The molecule has 1 heterocycles. The fourth-order valence-corrected chi connectivity index (χ4v) is 2.62. The maximum absolute atomic E-state index is 12.7. The summed E-state index contributed by atoms with van der Waals surface area (Å²) in [5, 5.41) is 11.1. The zero-order valence-electron chi connectivity index (χ0n) is 11.8. The van der Waals surface area contributed by atoms with E-state index < -0.39 is 23.1 Å². The lowest BCUT2D eigenvalue weighted by Crippen LogP contribution is -2.36. The average Bonchev–Trinajstić information content (AvgIpc) is 2.62. The molecule has 5 heteroatoms. The molecule has 0 aliphatic carbocycles. The Bertz CT molecular complexity index is 948. The van der Waals surface area contributed by atoms with Crippen molar-refractivity contribution in [2.24, 2.45) is 0 Å². The summed E-state index contributed by atoms with van der Waals surface area (Å²) in [5.74, 6) is -1.22. The second kappa shape index (κ2) is 5.11. The maximum atomic E-state index is 12.7. The van der Waals surface area contributed by atoms with E-state index >= 15 is 0 Å². The van der Waals surface area contributed by atoms with Gasteiger partial charge in [-0.05, 0) is 29.8 Å². The Balaban J connectivity index is 2.71. The minimum absolute atomic E-state index is 0.328. The smallest absolute Gasteiger partial charge is 0.326 e. The number of nitrogens with zero attached hydrogens (tertiary/aromatic N) is 1. The molecule has 1 unspecified atom stereocenters. The van der Waals surface area contributed by atoms with Gasteiger partial charge >= 0.3 is 5.97 Å². The van der Waals surface area contributed by atoms with Crippen LogP contribution < -0.4 is 11.1 Å². The van der Waals surface area contributed by atoms with Crippen LogP contribution >= 0.6 is 0 Å². The van der Waals surface area contributed by atoms with Gasteiger partial charge in [0, 0.05) is 10.8 Å². The summed E-state index contributed by atoms with van der Waals surface area (Å²) in [6, 6.07) is 12.4. The van der Waals surface area contributed by atoms with Crippen LogP contribution in [0.3, 0.4) is 0 Å². The van der Waals surface area contributed by atoms with E-state index in [1.165, 1.54) is 6.92 Å². The fraction of sp³-hybridized carbons (Fsp3) is 0.118. The Morgan fingerprint density at radius 2 is 1.23 bits per heavy atom. The summed E-state index contributed by atoms with van der Waals surface area (Å²) < 4.78 is 0.812. The molecular formula is C17H13NO4. The van der Waals surface area contributed by atoms with Crippen molar-refractivity contribution >= 4 is 27.5 Å². The molecule has 3 aromatic rings. The van der Waals surface area contributed by atoms with Crippen molar-refractivity contribution in [1.29, 1.82) is 0 Å². The summed E-state index contributed by atoms with van der Waals surface area (Å²) in [6.07, 6.45) is 0. The van der Waals surface area contributed by atoms with Crippen LogP contribution in [0.2, 0.25) is 0 Å². The lowest BCUT2D eigenvalue weighted by Gasteiger charge is -2.07. The lowest BCUT2D eigenvalue weighted by molar-refractivity contribution is -0.140. The van der Waals surface area contributed by atoms with E-state index in [-0.39, 0.29) is 0 Å². The van der Waals surface area contributed by atoms with Crippen LogP contribution in [-0.2, 0) is 4.79 Å². The van der Waals surface area contributed by atoms with Crippen LogP contribution in [0.15, 0.2) is 58.1 Å². The molecule has 0 radical (unpaired) electrons. The van der Waals surface area contributed by atoms with E-state index in [9.17, 15) is 19.5 Å². The Morgan fingerprint density at radius 3 is 1.59 bits per heavy atom. The van der Waals surface area contributed by atoms with Crippen LogP contribution in [-0.4, -0.2) is 15.6 Å². The number of hydrogen-bond donors (Lipinski definition) is 1. The van der Waals surface area contributed by atoms with Crippen molar-refractivity contribution in [3.05, 3.63) is 69.2 Å². The molecule has 0 bridgehead atoms. The van der Waals surface area contributed by atoms with Crippen LogP contribution in [0.1, 0.15) is 13.0 Å². The predicted octanol–water partition coefficient (Wildman–Crippen LogP) is 2.16. The van der Waals surface area contributed by atoms with Crippen molar-refractivity contribution in [2.45, 2.75) is 13.0 Å². The van der Waals surface area contributed by atoms with Crippen LogP contribution in [0.4, 0.5) is 0 Å². The van der Waals surface area contributed by atoms with E-state index in [0.29, 0.717) is 21.5 Å². The van der Waals surface area contributed by atoms with Gasteiger partial charge in [0.2, 0.25) is 0 Å². The number of aliphatic carboxylic acids is 1. The van der Waals surface area contributed by atoms with Crippen molar-refractivity contribution < 1.29 is 9.90 Å². The number of rotatable bonds is 2. The molecule has 2 aromatic carbocycles. The van der Waals surface area contributed by atoms with Gasteiger partial charge in [-0.1, -0.05) is 36.4 Å². The normalized spacial score (nSPS) is 12.4. The molecule has 0 aliphatic rings. The number of fused-ring (bicyclic) bond motifs is 3. The minimum Gasteiger partial charge on any atom is -0.480 e. The quantitative estimate of drug-likeness (QED) is 0.786. The summed E-state index contributed by atoms with van der Waals surface area (Å²) in [7, 11) is 0. The third kappa shape index (κ3) is 1.98. The number of hydrogen-bond acceptors (Lipinski definition) is 3. The fourth-order valence-electron chi connectivity index (χ4n) is 2.62. The molecule has 0 spiro atoms. The monoisotopic (exact) mass is 295 g/mol. The van der Waals surface area contributed by atoms with E-state index in [2.05, 4.69) is 0 Å². The van der Waals surface area contributed by atoms with Crippen LogP contribution in [0, 0.1) is 0 Å². The lowest BCUT2D eigenvalue weighted by atomic mass is 10.1. The van der Waals surface area contributed by atoms with Gasteiger partial charge in [0.1, 0.15) is 6.04 Å². The molecule has 0 amide bonds. The van der Waals surface area contributed by atoms with Gasteiger partial charge in [-0.25, -0.2) is 4.79 Å². The van der Waals surface area contributed by atoms with Gasteiger partial charge in [0.25, 0.3) is 11.1 Å². The summed E-state index contributed by atoms with van der Waals surface area (Å²) in [5.41, 5.74) is -1.18. The Kier molecular flexibility index (Phi) is 3.25.